The van der Waals surface area contributed by atoms with E-state index in [1.807, 2.05) is 6.92 Å². The normalized spacial score (nSPS) is 26.7. The molecule has 1 saturated heterocycles. The Morgan fingerprint density at radius 3 is 3.21 bits per heavy atom. The highest BCUT2D eigenvalue weighted by atomic mass is 32.2. The standard InChI is InChI=1S/C9H14N2O2S/c1-7-4-13-8(11-7)10-5-9(12)2-3-14-6-9/h4,12H,2-3,5-6H2,1H3,(H,10,11). The predicted octanol–water partition coefficient (Wildman–Crippen LogP) is 1.26. The molecule has 1 aliphatic heterocycles. The first-order valence-electron chi connectivity index (χ1n) is 4.64. The van der Waals surface area contributed by atoms with E-state index in [1.165, 1.54) is 0 Å². The summed E-state index contributed by atoms with van der Waals surface area (Å²) in [5, 5.41) is 13.0. The van der Waals surface area contributed by atoms with Crippen LogP contribution in [0.2, 0.25) is 0 Å². The van der Waals surface area contributed by atoms with Crippen LogP contribution in [-0.2, 0) is 0 Å². The van der Waals surface area contributed by atoms with Crippen molar-refractivity contribution >= 4 is 17.8 Å². The van der Waals surface area contributed by atoms with Gasteiger partial charge in [0, 0.05) is 12.3 Å². The Morgan fingerprint density at radius 2 is 2.64 bits per heavy atom. The van der Waals surface area contributed by atoms with Crippen LogP contribution < -0.4 is 5.32 Å². The number of hydrogen-bond acceptors (Lipinski definition) is 5. The molecule has 2 N–H and O–H groups in total. The molecule has 2 heterocycles. The van der Waals surface area contributed by atoms with Gasteiger partial charge in [0.25, 0.3) is 6.01 Å². The predicted molar refractivity (Wildman–Crippen MR) is 56.6 cm³/mol. The summed E-state index contributed by atoms with van der Waals surface area (Å²) in [5.74, 6) is 1.82. The monoisotopic (exact) mass is 214 g/mol. The molecule has 2 rings (SSSR count). The van der Waals surface area contributed by atoms with Gasteiger partial charge in [-0.1, -0.05) is 0 Å². The summed E-state index contributed by atoms with van der Waals surface area (Å²) in [4.78, 5) is 4.11. The fourth-order valence-corrected chi connectivity index (χ4v) is 2.71. The first-order chi connectivity index (χ1) is 6.68. The van der Waals surface area contributed by atoms with Gasteiger partial charge in [-0.2, -0.15) is 16.7 Å². The van der Waals surface area contributed by atoms with E-state index in [0.717, 1.165) is 23.6 Å². The van der Waals surface area contributed by atoms with Gasteiger partial charge in [0.2, 0.25) is 0 Å². The highest BCUT2D eigenvalue weighted by Crippen LogP contribution is 2.27. The first-order valence-corrected chi connectivity index (χ1v) is 5.80. The van der Waals surface area contributed by atoms with Crippen molar-refractivity contribution in [3.63, 3.8) is 0 Å². The Hall–Kier alpha value is -0.680. The second kappa shape index (κ2) is 3.82. The lowest BCUT2D eigenvalue weighted by Crippen LogP contribution is -2.36. The third-order valence-corrected chi connectivity index (χ3v) is 3.50. The van der Waals surface area contributed by atoms with Crippen LogP contribution >= 0.6 is 11.8 Å². The lowest BCUT2D eigenvalue weighted by Gasteiger charge is -2.20. The van der Waals surface area contributed by atoms with Crippen molar-refractivity contribution < 1.29 is 9.52 Å². The molecule has 0 radical (unpaired) electrons. The molecule has 1 aliphatic rings. The Bertz CT molecular complexity index is 308. The summed E-state index contributed by atoms with van der Waals surface area (Å²) >= 11 is 1.78. The fraction of sp³-hybridized carbons (Fsp3) is 0.667. The summed E-state index contributed by atoms with van der Waals surface area (Å²) in [6, 6.07) is 0.493. The maximum Gasteiger partial charge on any atom is 0.294 e. The highest BCUT2D eigenvalue weighted by molar-refractivity contribution is 7.99. The molecule has 0 aliphatic carbocycles. The molecular formula is C9H14N2O2S. The van der Waals surface area contributed by atoms with Crippen LogP contribution in [0.3, 0.4) is 0 Å². The number of aliphatic hydroxyl groups is 1. The van der Waals surface area contributed by atoms with Gasteiger partial charge in [-0.05, 0) is 19.1 Å². The topological polar surface area (TPSA) is 58.3 Å². The third kappa shape index (κ3) is 2.22. The van der Waals surface area contributed by atoms with E-state index in [2.05, 4.69) is 10.3 Å². The van der Waals surface area contributed by atoms with Gasteiger partial charge in [-0.15, -0.1) is 0 Å². The van der Waals surface area contributed by atoms with Crippen molar-refractivity contribution in [2.75, 3.05) is 23.4 Å². The van der Waals surface area contributed by atoms with Crippen LogP contribution in [0.15, 0.2) is 10.7 Å². The van der Waals surface area contributed by atoms with E-state index >= 15 is 0 Å². The summed E-state index contributed by atoms with van der Waals surface area (Å²) in [7, 11) is 0. The Kier molecular flexibility index (Phi) is 2.69. The lowest BCUT2D eigenvalue weighted by molar-refractivity contribution is 0.0814. The largest absolute Gasteiger partial charge is 0.432 e. The molecule has 1 fully saturated rings. The minimum Gasteiger partial charge on any atom is -0.432 e. The summed E-state index contributed by atoms with van der Waals surface area (Å²) in [6.45, 7) is 2.38. The average molecular weight is 214 g/mol. The maximum atomic E-state index is 10.0. The number of rotatable bonds is 3. The highest BCUT2D eigenvalue weighted by Gasteiger charge is 2.31. The SMILES string of the molecule is Cc1coc(NCC2(O)CCSC2)n1. The molecule has 1 atom stereocenters. The Labute approximate surface area is 87.1 Å². The van der Waals surface area contributed by atoms with Crippen LogP contribution in [0.5, 0.6) is 0 Å². The molecule has 78 valence electrons. The second-order valence-corrected chi connectivity index (χ2v) is 4.78. The number of aromatic nitrogens is 1. The minimum atomic E-state index is -0.590. The summed E-state index contributed by atoms with van der Waals surface area (Å²) in [6.07, 6.45) is 2.43. The zero-order valence-electron chi connectivity index (χ0n) is 8.12. The molecule has 5 heteroatoms. The number of thioether (sulfide) groups is 1. The van der Waals surface area contributed by atoms with Gasteiger partial charge in [-0.3, -0.25) is 0 Å². The van der Waals surface area contributed by atoms with Crippen LogP contribution in [0.25, 0.3) is 0 Å². The van der Waals surface area contributed by atoms with E-state index in [-0.39, 0.29) is 0 Å². The summed E-state index contributed by atoms with van der Waals surface area (Å²) in [5.41, 5.74) is 0.257. The van der Waals surface area contributed by atoms with Crippen molar-refractivity contribution in [2.24, 2.45) is 0 Å². The first kappa shape index (κ1) is 9.86. The lowest BCUT2D eigenvalue weighted by atomic mass is 10.0. The quantitative estimate of drug-likeness (QED) is 0.793. The Morgan fingerprint density at radius 1 is 1.79 bits per heavy atom. The van der Waals surface area contributed by atoms with E-state index in [0.29, 0.717) is 12.6 Å². The number of nitrogens with zero attached hydrogens (tertiary/aromatic N) is 1. The van der Waals surface area contributed by atoms with Crippen molar-refractivity contribution in [2.45, 2.75) is 18.9 Å². The number of anilines is 1. The van der Waals surface area contributed by atoms with Gasteiger partial charge < -0.3 is 14.8 Å². The molecule has 0 amide bonds. The van der Waals surface area contributed by atoms with Crippen molar-refractivity contribution in [3.05, 3.63) is 12.0 Å². The molecule has 1 aromatic rings. The van der Waals surface area contributed by atoms with Crippen LogP contribution in [-0.4, -0.2) is 33.7 Å². The fourth-order valence-electron chi connectivity index (χ4n) is 1.41. The number of nitrogens with one attached hydrogen (secondary N) is 1. The van der Waals surface area contributed by atoms with E-state index < -0.39 is 5.60 Å². The molecule has 0 aromatic carbocycles. The van der Waals surface area contributed by atoms with Gasteiger partial charge in [-0.25, -0.2) is 0 Å². The zero-order chi connectivity index (χ0) is 10.0. The van der Waals surface area contributed by atoms with Gasteiger partial charge >= 0.3 is 0 Å². The third-order valence-electron chi connectivity index (χ3n) is 2.27. The van der Waals surface area contributed by atoms with Crippen molar-refractivity contribution in [3.8, 4) is 0 Å². The zero-order valence-corrected chi connectivity index (χ0v) is 8.93. The van der Waals surface area contributed by atoms with E-state index in [1.54, 1.807) is 18.0 Å². The molecule has 0 saturated carbocycles. The molecule has 0 bridgehead atoms. The molecule has 4 nitrogen and oxygen atoms in total. The molecule has 1 unspecified atom stereocenters. The molecular weight excluding hydrogens is 200 g/mol. The van der Waals surface area contributed by atoms with Crippen LogP contribution in [0, 0.1) is 6.92 Å². The Balaban J connectivity index is 1.87. The maximum absolute atomic E-state index is 10.0. The van der Waals surface area contributed by atoms with Crippen LogP contribution in [0.4, 0.5) is 6.01 Å². The number of oxazole rings is 1. The molecule has 14 heavy (non-hydrogen) atoms. The number of hydrogen-bond donors (Lipinski definition) is 2. The van der Waals surface area contributed by atoms with Gasteiger partial charge in [0.1, 0.15) is 6.26 Å². The van der Waals surface area contributed by atoms with E-state index in [4.69, 9.17) is 4.42 Å². The molecule has 1 aromatic heterocycles. The van der Waals surface area contributed by atoms with Gasteiger partial charge in [0.05, 0.1) is 11.3 Å². The van der Waals surface area contributed by atoms with Crippen LogP contribution in [0.1, 0.15) is 12.1 Å². The average Bonchev–Trinajstić information content (AvgIpc) is 2.73. The second-order valence-electron chi connectivity index (χ2n) is 3.67. The number of aryl methyl sites for hydroxylation is 1. The minimum absolute atomic E-state index is 0.493. The van der Waals surface area contributed by atoms with Crippen molar-refractivity contribution in [1.29, 1.82) is 0 Å². The molecule has 0 spiro atoms. The summed E-state index contributed by atoms with van der Waals surface area (Å²) < 4.78 is 5.13. The smallest absolute Gasteiger partial charge is 0.294 e. The van der Waals surface area contributed by atoms with Crippen molar-refractivity contribution in [1.82, 2.24) is 4.98 Å². The van der Waals surface area contributed by atoms with E-state index in [9.17, 15) is 5.11 Å². The van der Waals surface area contributed by atoms with Gasteiger partial charge in [0.15, 0.2) is 0 Å².